The van der Waals surface area contributed by atoms with Crippen LogP contribution in [-0.4, -0.2) is 32.3 Å². The summed E-state index contributed by atoms with van der Waals surface area (Å²) in [4.78, 5) is 13.8. The molecule has 3 aromatic rings. The number of nitrogens with zero attached hydrogens (tertiary/aromatic N) is 1. The lowest BCUT2D eigenvalue weighted by Crippen LogP contribution is -2.51. The molecule has 0 aliphatic carbocycles. The summed E-state index contributed by atoms with van der Waals surface area (Å²) in [5.41, 5.74) is 1.51. The fourth-order valence-electron chi connectivity index (χ4n) is 3.62. The van der Waals surface area contributed by atoms with E-state index in [1.54, 1.807) is 12.1 Å². The highest BCUT2D eigenvalue weighted by atomic mass is 16.5. The number of hydrogen-bond donors (Lipinski definition) is 1. The van der Waals surface area contributed by atoms with E-state index >= 15 is 0 Å². The monoisotopic (exact) mass is 364 g/mol. The maximum absolute atomic E-state index is 11.4. The zero-order valence-corrected chi connectivity index (χ0v) is 15.3. The molecule has 140 valence electrons. The molecule has 5 nitrogen and oxygen atoms in total. The highest BCUT2D eigenvalue weighted by Crippen LogP contribution is 2.22. The minimum Gasteiger partial charge on any atom is -0.493 e. The lowest BCUT2D eigenvalue weighted by molar-refractivity contribution is 0.296. The van der Waals surface area contributed by atoms with E-state index < -0.39 is 0 Å². The van der Waals surface area contributed by atoms with Crippen LogP contribution in [0, 0.1) is 0 Å². The summed E-state index contributed by atoms with van der Waals surface area (Å²) < 4.78 is 11.1. The first-order valence-electron chi connectivity index (χ1n) is 9.49. The number of anilines is 1. The normalized spacial score (nSPS) is 17.2. The Bertz CT molecular complexity index is 939. The molecule has 5 heteroatoms. The van der Waals surface area contributed by atoms with Gasteiger partial charge < -0.3 is 19.4 Å². The molecule has 1 N–H and O–H groups in total. The number of hydrogen-bond acceptors (Lipinski definition) is 5. The third kappa shape index (κ3) is 4.31. The third-order valence-electron chi connectivity index (χ3n) is 4.98. The lowest BCUT2D eigenvalue weighted by Gasteiger charge is -2.38. The lowest BCUT2D eigenvalue weighted by atomic mass is 10.1. The average molecular weight is 364 g/mol. The van der Waals surface area contributed by atoms with Gasteiger partial charge in [0.05, 0.1) is 6.61 Å². The van der Waals surface area contributed by atoms with E-state index in [4.69, 9.17) is 9.15 Å². The summed E-state index contributed by atoms with van der Waals surface area (Å²) in [5, 5.41) is 4.39. The van der Waals surface area contributed by atoms with Gasteiger partial charge in [-0.15, -0.1) is 0 Å². The van der Waals surface area contributed by atoms with Gasteiger partial charge in [0.15, 0.2) is 0 Å². The molecular weight excluding hydrogens is 340 g/mol. The second-order valence-electron chi connectivity index (χ2n) is 6.83. The number of rotatable bonds is 6. The fourth-order valence-corrected chi connectivity index (χ4v) is 3.62. The molecule has 27 heavy (non-hydrogen) atoms. The van der Waals surface area contributed by atoms with Crippen molar-refractivity contribution in [1.82, 2.24) is 5.32 Å². The third-order valence-corrected chi connectivity index (χ3v) is 4.98. The van der Waals surface area contributed by atoms with Crippen molar-refractivity contribution in [3.8, 4) is 5.75 Å². The van der Waals surface area contributed by atoms with E-state index in [2.05, 4.69) is 40.5 Å². The first-order valence-corrected chi connectivity index (χ1v) is 9.49. The number of para-hydroxylation sites is 1. The van der Waals surface area contributed by atoms with Crippen molar-refractivity contribution >= 4 is 16.7 Å². The minimum absolute atomic E-state index is 0.342. The standard InChI is InChI=1S/C22H24N2O3/c25-22-11-9-17-8-10-20(15-21(17)27-22)26-14-4-7-19-16-23-12-13-24(19)18-5-2-1-3-6-18/h1-3,5-6,8-11,15,19,23H,4,7,12-14,16H2. The highest BCUT2D eigenvalue weighted by Gasteiger charge is 2.21. The Balaban J connectivity index is 1.33. The minimum atomic E-state index is -0.342. The van der Waals surface area contributed by atoms with Crippen LogP contribution in [-0.2, 0) is 0 Å². The van der Waals surface area contributed by atoms with Gasteiger partial charge in [0.25, 0.3) is 0 Å². The Labute approximate surface area is 158 Å². The largest absolute Gasteiger partial charge is 0.493 e. The Morgan fingerprint density at radius 3 is 2.85 bits per heavy atom. The molecule has 4 rings (SSSR count). The van der Waals surface area contributed by atoms with Crippen LogP contribution in [0.15, 0.2) is 69.9 Å². The molecular formula is C22H24N2O3. The van der Waals surface area contributed by atoms with Crippen molar-refractivity contribution in [2.75, 3.05) is 31.1 Å². The molecule has 0 spiro atoms. The molecule has 0 amide bonds. The number of ether oxygens (including phenoxy) is 1. The van der Waals surface area contributed by atoms with E-state index in [9.17, 15) is 4.79 Å². The smallest absolute Gasteiger partial charge is 0.336 e. The molecule has 1 atom stereocenters. The highest BCUT2D eigenvalue weighted by molar-refractivity contribution is 5.77. The van der Waals surface area contributed by atoms with Gasteiger partial charge in [-0.3, -0.25) is 0 Å². The Morgan fingerprint density at radius 1 is 1.11 bits per heavy atom. The summed E-state index contributed by atoms with van der Waals surface area (Å²) in [5.74, 6) is 0.735. The molecule has 1 saturated heterocycles. The van der Waals surface area contributed by atoms with E-state index in [0.29, 0.717) is 18.2 Å². The van der Waals surface area contributed by atoms with Crippen LogP contribution in [0.2, 0.25) is 0 Å². The van der Waals surface area contributed by atoms with E-state index in [1.165, 1.54) is 11.8 Å². The molecule has 1 unspecified atom stereocenters. The van der Waals surface area contributed by atoms with Crippen molar-refractivity contribution in [3.63, 3.8) is 0 Å². The van der Waals surface area contributed by atoms with Gasteiger partial charge in [-0.1, -0.05) is 18.2 Å². The van der Waals surface area contributed by atoms with Crippen LogP contribution in [0.5, 0.6) is 5.75 Å². The fraction of sp³-hybridized carbons (Fsp3) is 0.318. The van der Waals surface area contributed by atoms with Gasteiger partial charge in [-0.25, -0.2) is 4.79 Å². The quantitative estimate of drug-likeness (QED) is 0.536. The zero-order chi connectivity index (χ0) is 18.5. The number of fused-ring (bicyclic) bond motifs is 1. The van der Waals surface area contributed by atoms with Gasteiger partial charge >= 0.3 is 5.63 Å². The summed E-state index contributed by atoms with van der Waals surface area (Å²) in [7, 11) is 0. The summed E-state index contributed by atoms with van der Waals surface area (Å²) in [6.45, 7) is 3.68. The van der Waals surface area contributed by atoms with Gasteiger partial charge in [0.1, 0.15) is 11.3 Å². The van der Waals surface area contributed by atoms with Crippen LogP contribution in [0.1, 0.15) is 12.8 Å². The molecule has 2 aromatic carbocycles. The van der Waals surface area contributed by atoms with Crippen molar-refractivity contribution < 1.29 is 9.15 Å². The van der Waals surface area contributed by atoms with Gasteiger partial charge in [0, 0.05) is 48.9 Å². The number of nitrogens with one attached hydrogen (secondary N) is 1. The predicted octanol–water partition coefficient (Wildman–Crippen LogP) is 3.43. The van der Waals surface area contributed by atoms with Crippen molar-refractivity contribution in [2.45, 2.75) is 18.9 Å². The van der Waals surface area contributed by atoms with Crippen molar-refractivity contribution in [1.29, 1.82) is 0 Å². The molecule has 1 fully saturated rings. The molecule has 0 radical (unpaired) electrons. The van der Waals surface area contributed by atoms with Crippen LogP contribution in [0.3, 0.4) is 0 Å². The van der Waals surface area contributed by atoms with Crippen LogP contribution >= 0.6 is 0 Å². The molecule has 1 aliphatic heterocycles. The SMILES string of the molecule is O=c1ccc2ccc(OCCCC3CNCCN3c3ccccc3)cc2o1. The van der Waals surface area contributed by atoms with E-state index in [0.717, 1.165) is 43.6 Å². The van der Waals surface area contributed by atoms with Crippen molar-refractivity contribution in [3.05, 3.63) is 71.1 Å². The van der Waals surface area contributed by atoms with Gasteiger partial charge in [-0.2, -0.15) is 0 Å². The molecule has 0 saturated carbocycles. The van der Waals surface area contributed by atoms with E-state index in [1.807, 2.05) is 12.1 Å². The Morgan fingerprint density at radius 2 is 1.96 bits per heavy atom. The average Bonchev–Trinajstić information content (AvgIpc) is 2.72. The molecule has 1 aromatic heterocycles. The van der Waals surface area contributed by atoms with Gasteiger partial charge in [0.2, 0.25) is 0 Å². The number of benzene rings is 2. The van der Waals surface area contributed by atoms with E-state index in [-0.39, 0.29) is 5.63 Å². The van der Waals surface area contributed by atoms with Crippen LogP contribution in [0.25, 0.3) is 11.0 Å². The maximum atomic E-state index is 11.4. The summed E-state index contributed by atoms with van der Waals surface area (Å²) >= 11 is 0. The Hall–Kier alpha value is -2.79. The molecule has 1 aliphatic rings. The predicted molar refractivity (Wildman–Crippen MR) is 108 cm³/mol. The second kappa shape index (κ2) is 8.27. The molecule has 0 bridgehead atoms. The zero-order valence-electron chi connectivity index (χ0n) is 15.3. The summed E-state index contributed by atoms with van der Waals surface area (Å²) in [6.07, 6.45) is 2.02. The van der Waals surface area contributed by atoms with Crippen LogP contribution < -0.4 is 20.6 Å². The first kappa shape index (κ1) is 17.6. The van der Waals surface area contributed by atoms with Crippen molar-refractivity contribution in [2.24, 2.45) is 0 Å². The topological polar surface area (TPSA) is 54.7 Å². The molecule has 2 heterocycles. The second-order valence-corrected chi connectivity index (χ2v) is 6.83. The van der Waals surface area contributed by atoms with Crippen LogP contribution in [0.4, 0.5) is 5.69 Å². The first-order chi connectivity index (χ1) is 13.3. The maximum Gasteiger partial charge on any atom is 0.336 e. The summed E-state index contributed by atoms with van der Waals surface area (Å²) in [6, 6.07) is 19.9. The van der Waals surface area contributed by atoms with Gasteiger partial charge in [-0.05, 0) is 43.2 Å². The number of piperazine rings is 1. The Kier molecular flexibility index (Phi) is 5.39.